The van der Waals surface area contributed by atoms with Crippen LogP contribution >= 0.6 is 0 Å². The fraction of sp³-hybridized carbons (Fsp3) is 0.619. The number of carbonyl (C=O) groups excluding carboxylic acids is 2. The fourth-order valence-electron chi connectivity index (χ4n) is 3.76. The molecule has 3 rings (SSSR count). The first-order valence-electron chi connectivity index (χ1n) is 9.95. The van der Waals surface area contributed by atoms with Gasteiger partial charge in [-0.15, -0.1) is 0 Å². The number of carbonyl (C=O) groups is 2. The Bertz CT molecular complexity index is 598. The van der Waals surface area contributed by atoms with E-state index in [1.54, 1.807) is 0 Å². The van der Waals surface area contributed by atoms with Crippen LogP contribution in [0, 0.1) is 6.92 Å². The van der Waals surface area contributed by atoms with E-state index in [2.05, 4.69) is 24.0 Å². The number of benzene rings is 1. The third-order valence-electron chi connectivity index (χ3n) is 5.52. The Kier molecular flexibility index (Phi) is 6.67. The zero-order chi connectivity index (χ0) is 18.4. The molecule has 5 heteroatoms. The highest BCUT2D eigenvalue weighted by Gasteiger charge is 2.24. The van der Waals surface area contributed by atoms with Gasteiger partial charge in [0, 0.05) is 39.3 Å². The summed E-state index contributed by atoms with van der Waals surface area (Å²) in [6, 6.07) is 8.16. The Hall–Kier alpha value is -1.88. The summed E-state index contributed by atoms with van der Waals surface area (Å²) in [5.74, 6) is 0.443. The van der Waals surface area contributed by atoms with E-state index in [1.165, 1.54) is 18.4 Å². The first kappa shape index (κ1) is 18.9. The highest BCUT2D eigenvalue weighted by Crippen LogP contribution is 2.12. The molecule has 142 valence electrons. The fourth-order valence-corrected chi connectivity index (χ4v) is 3.76. The highest BCUT2D eigenvalue weighted by molar-refractivity contribution is 5.79. The normalized spacial score (nSPS) is 19.3. The third kappa shape index (κ3) is 5.31. The molecule has 26 heavy (non-hydrogen) atoms. The minimum absolute atomic E-state index is 0.187. The second-order valence-electron chi connectivity index (χ2n) is 7.61. The van der Waals surface area contributed by atoms with Crippen LogP contribution in [0.25, 0.3) is 0 Å². The zero-order valence-electron chi connectivity index (χ0n) is 16.0. The van der Waals surface area contributed by atoms with Crippen molar-refractivity contribution < 1.29 is 9.59 Å². The summed E-state index contributed by atoms with van der Waals surface area (Å²) in [7, 11) is 0. The SMILES string of the molecule is Cc1ccc(CC(=O)N2CCN(CC(=O)N3CCCCCC3)CC2)cc1. The van der Waals surface area contributed by atoms with Crippen molar-refractivity contribution in [3.8, 4) is 0 Å². The lowest BCUT2D eigenvalue weighted by Gasteiger charge is -2.35. The van der Waals surface area contributed by atoms with E-state index in [0.29, 0.717) is 13.0 Å². The number of amides is 2. The van der Waals surface area contributed by atoms with Gasteiger partial charge in [0.25, 0.3) is 0 Å². The number of hydrogen-bond donors (Lipinski definition) is 0. The lowest BCUT2D eigenvalue weighted by molar-refractivity contribution is -0.134. The van der Waals surface area contributed by atoms with E-state index < -0.39 is 0 Å². The molecule has 0 aliphatic carbocycles. The summed E-state index contributed by atoms with van der Waals surface area (Å²) in [6.45, 7) is 7.40. The third-order valence-corrected chi connectivity index (χ3v) is 5.52. The molecule has 2 heterocycles. The van der Waals surface area contributed by atoms with Crippen molar-refractivity contribution >= 4 is 11.8 Å². The van der Waals surface area contributed by atoms with Crippen molar-refractivity contribution in [3.63, 3.8) is 0 Å². The number of piperazine rings is 1. The van der Waals surface area contributed by atoms with Crippen molar-refractivity contribution in [1.82, 2.24) is 14.7 Å². The van der Waals surface area contributed by atoms with Gasteiger partial charge in [0.15, 0.2) is 0 Å². The number of nitrogens with zero attached hydrogens (tertiary/aromatic N) is 3. The maximum absolute atomic E-state index is 12.5. The molecule has 2 amide bonds. The summed E-state index contributed by atoms with van der Waals surface area (Å²) in [5, 5.41) is 0. The van der Waals surface area contributed by atoms with Gasteiger partial charge in [0.05, 0.1) is 13.0 Å². The van der Waals surface area contributed by atoms with Crippen molar-refractivity contribution in [2.45, 2.75) is 39.0 Å². The molecule has 0 atom stereocenters. The van der Waals surface area contributed by atoms with Gasteiger partial charge in [0.1, 0.15) is 0 Å². The molecule has 2 aliphatic heterocycles. The Morgan fingerprint density at radius 3 is 1.96 bits per heavy atom. The summed E-state index contributed by atoms with van der Waals surface area (Å²) < 4.78 is 0. The molecule has 5 nitrogen and oxygen atoms in total. The van der Waals surface area contributed by atoms with Gasteiger partial charge in [0.2, 0.25) is 11.8 Å². The smallest absolute Gasteiger partial charge is 0.236 e. The first-order valence-corrected chi connectivity index (χ1v) is 9.95. The van der Waals surface area contributed by atoms with Gasteiger partial charge in [-0.3, -0.25) is 14.5 Å². The molecule has 2 aliphatic rings. The second kappa shape index (κ2) is 9.17. The number of hydrogen-bond acceptors (Lipinski definition) is 3. The summed E-state index contributed by atoms with van der Waals surface area (Å²) in [5.41, 5.74) is 2.28. The molecule has 0 unspecified atom stereocenters. The van der Waals surface area contributed by atoms with Crippen molar-refractivity contribution in [3.05, 3.63) is 35.4 Å². The molecule has 1 aromatic rings. The number of rotatable bonds is 4. The molecule has 0 N–H and O–H groups in total. The molecule has 0 spiro atoms. The van der Waals surface area contributed by atoms with E-state index in [-0.39, 0.29) is 11.8 Å². The van der Waals surface area contributed by atoms with E-state index in [4.69, 9.17) is 0 Å². The first-order chi connectivity index (χ1) is 12.6. The van der Waals surface area contributed by atoms with Gasteiger partial charge in [-0.1, -0.05) is 42.7 Å². The predicted molar refractivity (Wildman–Crippen MR) is 103 cm³/mol. The number of likely N-dealkylation sites (tertiary alicyclic amines) is 1. The number of aryl methyl sites for hydroxylation is 1. The molecule has 2 fully saturated rings. The highest BCUT2D eigenvalue weighted by atomic mass is 16.2. The molecule has 0 aromatic heterocycles. The Morgan fingerprint density at radius 2 is 1.35 bits per heavy atom. The van der Waals surface area contributed by atoms with Crippen molar-refractivity contribution in [1.29, 1.82) is 0 Å². The van der Waals surface area contributed by atoms with E-state index in [9.17, 15) is 9.59 Å². The predicted octanol–water partition coefficient (Wildman–Crippen LogP) is 2.08. The maximum atomic E-state index is 12.5. The molecular weight excluding hydrogens is 326 g/mol. The molecule has 0 bridgehead atoms. The van der Waals surface area contributed by atoms with E-state index in [0.717, 1.165) is 57.7 Å². The lowest BCUT2D eigenvalue weighted by Crippen LogP contribution is -2.52. The largest absolute Gasteiger partial charge is 0.342 e. The molecule has 0 radical (unpaired) electrons. The molecule has 0 saturated carbocycles. The van der Waals surface area contributed by atoms with Crippen LogP contribution in [0.1, 0.15) is 36.8 Å². The Labute approximate surface area is 156 Å². The summed E-state index contributed by atoms with van der Waals surface area (Å²) in [4.78, 5) is 31.2. The van der Waals surface area contributed by atoms with Crippen molar-refractivity contribution in [2.75, 3.05) is 45.8 Å². The van der Waals surface area contributed by atoms with Crippen LogP contribution in [0.4, 0.5) is 0 Å². The van der Waals surface area contributed by atoms with Crippen LogP contribution in [-0.2, 0) is 16.0 Å². The average molecular weight is 357 g/mol. The van der Waals surface area contributed by atoms with Gasteiger partial charge >= 0.3 is 0 Å². The van der Waals surface area contributed by atoms with Gasteiger partial charge < -0.3 is 9.80 Å². The average Bonchev–Trinajstić information content (AvgIpc) is 2.94. The minimum atomic E-state index is 0.187. The van der Waals surface area contributed by atoms with Crippen LogP contribution in [0.2, 0.25) is 0 Å². The zero-order valence-corrected chi connectivity index (χ0v) is 16.0. The van der Waals surface area contributed by atoms with Crippen LogP contribution in [0.15, 0.2) is 24.3 Å². The van der Waals surface area contributed by atoms with Crippen LogP contribution < -0.4 is 0 Å². The van der Waals surface area contributed by atoms with Gasteiger partial charge in [-0.05, 0) is 25.3 Å². The second-order valence-corrected chi connectivity index (χ2v) is 7.61. The monoisotopic (exact) mass is 357 g/mol. The standard InChI is InChI=1S/C21H31N3O2/c1-18-6-8-19(9-7-18)16-20(25)24-14-12-22(13-15-24)17-21(26)23-10-4-2-3-5-11-23/h6-9H,2-5,10-17H2,1H3. The summed E-state index contributed by atoms with van der Waals surface area (Å²) in [6.07, 6.45) is 5.21. The van der Waals surface area contributed by atoms with E-state index >= 15 is 0 Å². The van der Waals surface area contributed by atoms with E-state index in [1.807, 2.05) is 21.9 Å². The Morgan fingerprint density at radius 1 is 0.769 bits per heavy atom. The van der Waals surface area contributed by atoms with Gasteiger partial charge in [-0.2, -0.15) is 0 Å². The molecule has 1 aromatic carbocycles. The topological polar surface area (TPSA) is 43.9 Å². The summed E-state index contributed by atoms with van der Waals surface area (Å²) >= 11 is 0. The maximum Gasteiger partial charge on any atom is 0.236 e. The quantitative estimate of drug-likeness (QED) is 0.829. The lowest BCUT2D eigenvalue weighted by atomic mass is 10.1. The Balaban J connectivity index is 1.42. The van der Waals surface area contributed by atoms with Crippen LogP contribution in [0.3, 0.4) is 0 Å². The molecule has 2 saturated heterocycles. The minimum Gasteiger partial charge on any atom is -0.342 e. The van der Waals surface area contributed by atoms with Crippen molar-refractivity contribution in [2.24, 2.45) is 0 Å². The molecular formula is C21H31N3O2. The van der Waals surface area contributed by atoms with Crippen LogP contribution in [0.5, 0.6) is 0 Å². The van der Waals surface area contributed by atoms with Gasteiger partial charge in [-0.25, -0.2) is 0 Å². The van der Waals surface area contributed by atoms with Crippen LogP contribution in [-0.4, -0.2) is 72.3 Å².